The molecule has 0 aliphatic heterocycles. The highest BCUT2D eigenvalue weighted by atomic mass is 16.5. The number of carbonyl (C=O) groups is 1. The van der Waals surface area contributed by atoms with Gasteiger partial charge in [-0.25, -0.2) is 0 Å². The molecule has 0 saturated heterocycles. The average molecular weight is 235 g/mol. The molecule has 1 N–H and O–H groups in total. The zero-order chi connectivity index (χ0) is 12.7. The number of rotatable bonds is 7. The number of ketones is 1. The first-order valence-electron chi connectivity index (χ1n) is 6.03. The van der Waals surface area contributed by atoms with E-state index in [0.29, 0.717) is 6.42 Å². The standard InChI is InChI=1S/C14H21NO2/c1-4-12-5-6-14(17-3)13(9-12)10-15-8-7-11(2)16/h5-6,9,15H,4,7-8,10H2,1-3H3. The van der Waals surface area contributed by atoms with Gasteiger partial charge in [-0.1, -0.05) is 19.1 Å². The van der Waals surface area contributed by atoms with E-state index in [9.17, 15) is 4.79 Å². The summed E-state index contributed by atoms with van der Waals surface area (Å²) in [4.78, 5) is 10.8. The third-order valence-corrected chi connectivity index (χ3v) is 2.72. The minimum Gasteiger partial charge on any atom is -0.496 e. The van der Waals surface area contributed by atoms with Crippen LogP contribution in [0, 0.1) is 0 Å². The highest BCUT2D eigenvalue weighted by Gasteiger charge is 2.03. The first kappa shape index (κ1) is 13.7. The normalized spacial score (nSPS) is 10.3. The van der Waals surface area contributed by atoms with Gasteiger partial charge < -0.3 is 10.1 Å². The van der Waals surface area contributed by atoms with Gasteiger partial charge >= 0.3 is 0 Å². The molecule has 0 bridgehead atoms. The highest BCUT2D eigenvalue weighted by Crippen LogP contribution is 2.19. The van der Waals surface area contributed by atoms with Crippen molar-refractivity contribution in [1.82, 2.24) is 5.32 Å². The Labute approximate surface area is 103 Å². The predicted molar refractivity (Wildman–Crippen MR) is 69.4 cm³/mol. The number of hydrogen-bond donors (Lipinski definition) is 1. The van der Waals surface area contributed by atoms with Gasteiger partial charge in [0.25, 0.3) is 0 Å². The molecule has 0 fully saturated rings. The van der Waals surface area contributed by atoms with Crippen LogP contribution in [0.3, 0.4) is 0 Å². The monoisotopic (exact) mass is 235 g/mol. The first-order valence-corrected chi connectivity index (χ1v) is 6.03. The Kier molecular flexibility index (Phi) is 5.70. The molecule has 1 aromatic carbocycles. The lowest BCUT2D eigenvalue weighted by Crippen LogP contribution is -2.17. The fraction of sp³-hybridized carbons (Fsp3) is 0.500. The number of benzene rings is 1. The van der Waals surface area contributed by atoms with E-state index in [2.05, 4.69) is 24.4 Å². The minimum atomic E-state index is 0.215. The van der Waals surface area contributed by atoms with E-state index in [0.717, 1.165) is 30.8 Å². The highest BCUT2D eigenvalue weighted by molar-refractivity contribution is 5.75. The lowest BCUT2D eigenvalue weighted by molar-refractivity contribution is -0.116. The van der Waals surface area contributed by atoms with Gasteiger partial charge in [0.15, 0.2) is 0 Å². The molecule has 17 heavy (non-hydrogen) atoms. The Balaban J connectivity index is 2.58. The van der Waals surface area contributed by atoms with Crippen LogP contribution in [0.2, 0.25) is 0 Å². The van der Waals surface area contributed by atoms with E-state index >= 15 is 0 Å². The van der Waals surface area contributed by atoms with Crippen molar-refractivity contribution in [3.05, 3.63) is 29.3 Å². The maximum atomic E-state index is 10.8. The summed E-state index contributed by atoms with van der Waals surface area (Å²) in [5.74, 6) is 1.12. The van der Waals surface area contributed by atoms with Gasteiger partial charge in [0.05, 0.1) is 7.11 Å². The van der Waals surface area contributed by atoms with Gasteiger partial charge in [-0.3, -0.25) is 4.79 Å². The maximum Gasteiger partial charge on any atom is 0.131 e. The summed E-state index contributed by atoms with van der Waals surface area (Å²) in [6.07, 6.45) is 1.60. The van der Waals surface area contributed by atoms with E-state index < -0.39 is 0 Å². The van der Waals surface area contributed by atoms with Gasteiger partial charge in [0, 0.05) is 25.1 Å². The lowest BCUT2D eigenvalue weighted by atomic mass is 10.1. The summed E-state index contributed by atoms with van der Waals surface area (Å²) in [5.41, 5.74) is 2.45. The van der Waals surface area contributed by atoms with Crippen molar-refractivity contribution in [1.29, 1.82) is 0 Å². The van der Waals surface area contributed by atoms with Gasteiger partial charge in [-0.15, -0.1) is 0 Å². The second-order valence-corrected chi connectivity index (χ2v) is 4.13. The van der Waals surface area contributed by atoms with Crippen LogP contribution in [0.1, 0.15) is 31.4 Å². The smallest absolute Gasteiger partial charge is 0.131 e. The second-order valence-electron chi connectivity index (χ2n) is 4.13. The maximum absolute atomic E-state index is 10.8. The molecule has 0 radical (unpaired) electrons. The third-order valence-electron chi connectivity index (χ3n) is 2.72. The molecule has 94 valence electrons. The predicted octanol–water partition coefficient (Wildman–Crippen LogP) is 2.33. The number of methoxy groups -OCH3 is 1. The molecular formula is C14H21NO2. The zero-order valence-corrected chi connectivity index (χ0v) is 10.9. The molecule has 0 heterocycles. The Hall–Kier alpha value is -1.35. The quantitative estimate of drug-likeness (QED) is 0.737. The Morgan fingerprint density at radius 1 is 1.41 bits per heavy atom. The van der Waals surface area contributed by atoms with Gasteiger partial charge in [0.2, 0.25) is 0 Å². The Morgan fingerprint density at radius 2 is 2.18 bits per heavy atom. The Morgan fingerprint density at radius 3 is 2.76 bits per heavy atom. The van der Waals surface area contributed by atoms with E-state index in [1.165, 1.54) is 5.56 Å². The van der Waals surface area contributed by atoms with E-state index in [1.54, 1.807) is 14.0 Å². The molecule has 0 aromatic heterocycles. The van der Waals surface area contributed by atoms with Crippen LogP contribution < -0.4 is 10.1 Å². The molecule has 3 nitrogen and oxygen atoms in total. The number of ether oxygens (including phenoxy) is 1. The number of carbonyl (C=O) groups excluding carboxylic acids is 1. The number of Topliss-reactive ketones (excluding diaryl/α,β-unsaturated/α-hetero) is 1. The average Bonchev–Trinajstić information content (AvgIpc) is 2.34. The van der Waals surface area contributed by atoms with Crippen molar-refractivity contribution in [2.75, 3.05) is 13.7 Å². The van der Waals surface area contributed by atoms with Gasteiger partial charge in [-0.2, -0.15) is 0 Å². The lowest BCUT2D eigenvalue weighted by Gasteiger charge is -2.11. The summed E-state index contributed by atoms with van der Waals surface area (Å²) in [5, 5.41) is 3.26. The van der Waals surface area contributed by atoms with Crippen molar-refractivity contribution in [2.24, 2.45) is 0 Å². The molecule has 1 aromatic rings. The molecule has 0 saturated carbocycles. The molecular weight excluding hydrogens is 214 g/mol. The van der Waals surface area contributed by atoms with Crippen LogP contribution >= 0.6 is 0 Å². The first-order chi connectivity index (χ1) is 8.17. The van der Waals surface area contributed by atoms with Crippen LogP contribution in [-0.4, -0.2) is 19.4 Å². The summed E-state index contributed by atoms with van der Waals surface area (Å²) in [7, 11) is 1.68. The molecule has 0 aliphatic carbocycles. The van der Waals surface area contributed by atoms with E-state index in [-0.39, 0.29) is 5.78 Å². The molecule has 0 atom stereocenters. The van der Waals surface area contributed by atoms with Gasteiger partial charge in [0.1, 0.15) is 11.5 Å². The topological polar surface area (TPSA) is 38.3 Å². The third kappa shape index (κ3) is 4.57. The number of hydrogen-bond acceptors (Lipinski definition) is 3. The fourth-order valence-corrected chi connectivity index (χ4v) is 1.68. The van der Waals surface area contributed by atoms with Gasteiger partial charge in [-0.05, 0) is 25.0 Å². The number of aryl methyl sites for hydroxylation is 1. The summed E-state index contributed by atoms with van der Waals surface area (Å²) in [6, 6.07) is 6.23. The molecule has 0 amide bonds. The SMILES string of the molecule is CCc1ccc(OC)c(CNCCC(C)=O)c1. The molecule has 0 spiro atoms. The zero-order valence-electron chi connectivity index (χ0n) is 10.9. The van der Waals surface area contributed by atoms with Crippen LogP contribution in [0.25, 0.3) is 0 Å². The summed E-state index contributed by atoms with van der Waals surface area (Å²) >= 11 is 0. The largest absolute Gasteiger partial charge is 0.496 e. The minimum absolute atomic E-state index is 0.215. The molecule has 3 heteroatoms. The summed E-state index contributed by atoms with van der Waals surface area (Å²) in [6.45, 7) is 5.20. The van der Waals surface area contributed by atoms with Crippen molar-refractivity contribution < 1.29 is 9.53 Å². The molecule has 0 unspecified atom stereocenters. The van der Waals surface area contributed by atoms with Crippen LogP contribution in [0.4, 0.5) is 0 Å². The Bertz CT molecular complexity index is 374. The van der Waals surface area contributed by atoms with Crippen LogP contribution in [-0.2, 0) is 17.8 Å². The van der Waals surface area contributed by atoms with E-state index in [1.807, 2.05) is 6.07 Å². The van der Waals surface area contributed by atoms with Crippen molar-refractivity contribution in [3.63, 3.8) is 0 Å². The van der Waals surface area contributed by atoms with Crippen molar-refractivity contribution in [2.45, 2.75) is 33.2 Å². The molecule has 0 aliphatic rings. The van der Waals surface area contributed by atoms with Crippen LogP contribution in [0.15, 0.2) is 18.2 Å². The van der Waals surface area contributed by atoms with E-state index in [4.69, 9.17) is 4.74 Å². The van der Waals surface area contributed by atoms with Crippen molar-refractivity contribution in [3.8, 4) is 5.75 Å². The van der Waals surface area contributed by atoms with Crippen molar-refractivity contribution >= 4 is 5.78 Å². The van der Waals surface area contributed by atoms with Crippen LogP contribution in [0.5, 0.6) is 5.75 Å². The number of nitrogens with one attached hydrogen (secondary N) is 1. The fourth-order valence-electron chi connectivity index (χ4n) is 1.68. The second kappa shape index (κ2) is 7.07. The summed E-state index contributed by atoms with van der Waals surface area (Å²) < 4.78 is 5.32. The molecule has 1 rings (SSSR count).